The van der Waals surface area contributed by atoms with Crippen molar-refractivity contribution in [2.24, 2.45) is 5.92 Å². The van der Waals surface area contributed by atoms with Crippen LogP contribution in [-0.4, -0.2) is 40.1 Å². The topological polar surface area (TPSA) is 71.0 Å². The molecule has 1 N–H and O–H groups in total. The summed E-state index contributed by atoms with van der Waals surface area (Å²) in [5.41, 5.74) is 3.25. The molecule has 1 saturated heterocycles. The molecule has 2 atom stereocenters. The van der Waals surface area contributed by atoms with Gasteiger partial charge in [-0.2, -0.15) is 9.40 Å². The molecule has 1 aliphatic heterocycles. The Morgan fingerprint density at radius 1 is 1.16 bits per heavy atom. The van der Waals surface area contributed by atoms with Crippen LogP contribution >= 0.6 is 0 Å². The summed E-state index contributed by atoms with van der Waals surface area (Å²) in [6.45, 7) is 3.07. The Morgan fingerprint density at radius 2 is 2.03 bits per heavy atom. The molecule has 3 heterocycles. The smallest absolute Gasteiger partial charge is 0.243 e. The Bertz CT molecular complexity index is 1330. The molecule has 0 saturated carbocycles. The second-order valence-corrected chi connectivity index (χ2v) is 10.1. The van der Waals surface area contributed by atoms with Crippen molar-refractivity contribution in [2.75, 3.05) is 6.54 Å². The third kappa shape index (κ3) is 3.66. The number of aromatic amines is 1. The lowest BCUT2D eigenvalue weighted by atomic mass is 10.1. The average Bonchev–Trinajstić information content (AvgIpc) is 3.49. The normalized spacial score (nSPS) is 19.9. The van der Waals surface area contributed by atoms with Crippen LogP contribution in [0.3, 0.4) is 0 Å². The molecule has 1 fully saturated rings. The lowest BCUT2D eigenvalue weighted by Crippen LogP contribution is -2.34. The first kappa shape index (κ1) is 20.0. The molecule has 0 spiro atoms. The standard InChI is InChI=1S/C23H23FN4O2S/c1-16-9-17(15-28(16)31(29,30)22-4-2-3-21(24)11-22)14-27-8-7-19-10-18(5-6-23(19)27)20-12-25-26-13-20/h2-8,10-13,16-17H,9,14-15H2,1H3,(H,25,26)/t16-,17-/m1/s1. The van der Waals surface area contributed by atoms with Crippen LogP contribution in [0, 0.1) is 11.7 Å². The Balaban J connectivity index is 1.36. The van der Waals surface area contributed by atoms with Crippen molar-refractivity contribution in [1.82, 2.24) is 19.1 Å². The second-order valence-electron chi connectivity index (χ2n) is 8.21. The van der Waals surface area contributed by atoms with Gasteiger partial charge in [0, 0.05) is 48.0 Å². The van der Waals surface area contributed by atoms with E-state index in [-0.39, 0.29) is 16.9 Å². The number of halogens is 1. The molecule has 1 aliphatic rings. The molecule has 160 valence electrons. The summed E-state index contributed by atoms with van der Waals surface area (Å²) in [6.07, 6.45) is 6.48. The zero-order valence-electron chi connectivity index (χ0n) is 17.1. The molecule has 0 bridgehead atoms. The van der Waals surface area contributed by atoms with Crippen molar-refractivity contribution < 1.29 is 12.8 Å². The summed E-state index contributed by atoms with van der Waals surface area (Å²) in [6, 6.07) is 13.5. The van der Waals surface area contributed by atoms with Gasteiger partial charge in [-0.25, -0.2) is 12.8 Å². The molecule has 2 aromatic carbocycles. The van der Waals surface area contributed by atoms with Gasteiger partial charge < -0.3 is 4.57 Å². The Labute approximate surface area is 180 Å². The number of nitrogens with one attached hydrogen (secondary N) is 1. The van der Waals surface area contributed by atoms with Crippen LogP contribution in [0.1, 0.15) is 13.3 Å². The van der Waals surface area contributed by atoms with Crippen LogP contribution in [0.5, 0.6) is 0 Å². The minimum absolute atomic E-state index is 0.0122. The van der Waals surface area contributed by atoms with E-state index in [0.717, 1.165) is 41.1 Å². The van der Waals surface area contributed by atoms with Gasteiger partial charge >= 0.3 is 0 Å². The third-order valence-electron chi connectivity index (χ3n) is 6.06. The van der Waals surface area contributed by atoms with Gasteiger partial charge in [-0.05, 0) is 61.2 Å². The number of fused-ring (bicyclic) bond motifs is 1. The minimum Gasteiger partial charge on any atom is -0.347 e. The van der Waals surface area contributed by atoms with Crippen LogP contribution in [0.4, 0.5) is 4.39 Å². The molecule has 8 heteroatoms. The fraction of sp³-hybridized carbons (Fsp3) is 0.261. The van der Waals surface area contributed by atoms with E-state index in [4.69, 9.17) is 0 Å². The number of hydrogen-bond acceptors (Lipinski definition) is 3. The first-order valence-electron chi connectivity index (χ1n) is 10.3. The summed E-state index contributed by atoms with van der Waals surface area (Å²) in [7, 11) is -3.72. The highest BCUT2D eigenvalue weighted by atomic mass is 32.2. The SMILES string of the molecule is C[C@@H]1C[C@H](Cn2ccc3cc(-c4cn[nH]c4)ccc32)CN1S(=O)(=O)c1cccc(F)c1. The number of nitrogens with zero attached hydrogens (tertiary/aromatic N) is 3. The molecule has 4 aromatic rings. The van der Waals surface area contributed by atoms with Gasteiger partial charge in [-0.15, -0.1) is 0 Å². The Hall–Kier alpha value is -2.97. The monoisotopic (exact) mass is 438 g/mol. The maximum absolute atomic E-state index is 13.6. The number of H-pyrrole nitrogens is 1. The largest absolute Gasteiger partial charge is 0.347 e. The highest BCUT2D eigenvalue weighted by molar-refractivity contribution is 7.89. The fourth-order valence-electron chi connectivity index (χ4n) is 4.56. The van der Waals surface area contributed by atoms with Crippen LogP contribution in [0.15, 0.2) is 72.0 Å². The highest BCUT2D eigenvalue weighted by Crippen LogP contribution is 2.32. The van der Waals surface area contributed by atoms with Gasteiger partial charge in [0.15, 0.2) is 0 Å². The molecular weight excluding hydrogens is 415 g/mol. The van der Waals surface area contributed by atoms with E-state index >= 15 is 0 Å². The summed E-state index contributed by atoms with van der Waals surface area (Å²) < 4.78 is 43.4. The zero-order chi connectivity index (χ0) is 21.6. The Kier molecular flexibility index (Phi) is 4.91. The average molecular weight is 439 g/mol. The van der Waals surface area contributed by atoms with Crippen molar-refractivity contribution in [3.05, 3.63) is 72.9 Å². The molecule has 2 aromatic heterocycles. The number of rotatable bonds is 5. The van der Waals surface area contributed by atoms with Crippen molar-refractivity contribution in [3.8, 4) is 11.1 Å². The lowest BCUT2D eigenvalue weighted by molar-refractivity contribution is 0.399. The van der Waals surface area contributed by atoms with E-state index in [1.807, 2.05) is 13.1 Å². The molecule has 0 aliphatic carbocycles. The maximum atomic E-state index is 13.6. The number of aromatic nitrogens is 3. The zero-order valence-corrected chi connectivity index (χ0v) is 17.9. The van der Waals surface area contributed by atoms with Crippen LogP contribution in [0.2, 0.25) is 0 Å². The number of hydrogen-bond donors (Lipinski definition) is 1. The summed E-state index contributed by atoms with van der Waals surface area (Å²) in [5.74, 6) is -0.361. The van der Waals surface area contributed by atoms with Crippen LogP contribution in [0.25, 0.3) is 22.0 Å². The van der Waals surface area contributed by atoms with E-state index in [2.05, 4.69) is 45.2 Å². The first-order chi connectivity index (χ1) is 14.9. The molecule has 0 amide bonds. The van der Waals surface area contributed by atoms with Gasteiger partial charge in [0.25, 0.3) is 0 Å². The summed E-state index contributed by atoms with van der Waals surface area (Å²) in [5, 5.41) is 7.98. The van der Waals surface area contributed by atoms with Gasteiger partial charge in [0.2, 0.25) is 10.0 Å². The predicted octanol–water partition coefficient (Wildman–Crippen LogP) is 4.27. The van der Waals surface area contributed by atoms with E-state index in [9.17, 15) is 12.8 Å². The number of sulfonamides is 1. The summed E-state index contributed by atoms with van der Waals surface area (Å²) in [4.78, 5) is 0.0122. The van der Waals surface area contributed by atoms with Crippen molar-refractivity contribution in [2.45, 2.75) is 30.8 Å². The van der Waals surface area contributed by atoms with E-state index in [1.165, 1.54) is 22.5 Å². The maximum Gasteiger partial charge on any atom is 0.243 e. The fourth-order valence-corrected chi connectivity index (χ4v) is 6.31. The van der Waals surface area contributed by atoms with E-state index in [0.29, 0.717) is 6.54 Å². The second kappa shape index (κ2) is 7.62. The lowest BCUT2D eigenvalue weighted by Gasteiger charge is -2.21. The van der Waals surface area contributed by atoms with Crippen LogP contribution in [-0.2, 0) is 16.6 Å². The molecular formula is C23H23FN4O2S. The van der Waals surface area contributed by atoms with Crippen molar-refractivity contribution in [1.29, 1.82) is 0 Å². The molecule has 0 radical (unpaired) electrons. The molecule has 0 unspecified atom stereocenters. The van der Waals surface area contributed by atoms with Gasteiger partial charge in [-0.1, -0.05) is 12.1 Å². The number of benzene rings is 2. The van der Waals surface area contributed by atoms with Gasteiger partial charge in [0.1, 0.15) is 5.82 Å². The highest BCUT2D eigenvalue weighted by Gasteiger charge is 2.38. The van der Waals surface area contributed by atoms with Gasteiger partial charge in [-0.3, -0.25) is 5.10 Å². The third-order valence-corrected chi connectivity index (χ3v) is 8.04. The predicted molar refractivity (Wildman–Crippen MR) is 117 cm³/mol. The van der Waals surface area contributed by atoms with E-state index in [1.54, 1.807) is 6.20 Å². The first-order valence-corrected chi connectivity index (χ1v) is 11.7. The van der Waals surface area contributed by atoms with E-state index < -0.39 is 15.8 Å². The van der Waals surface area contributed by atoms with Crippen LogP contribution < -0.4 is 0 Å². The van der Waals surface area contributed by atoms with Gasteiger partial charge in [0.05, 0.1) is 11.1 Å². The Morgan fingerprint density at radius 3 is 2.81 bits per heavy atom. The van der Waals surface area contributed by atoms with Crippen molar-refractivity contribution in [3.63, 3.8) is 0 Å². The molecule has 31 heavy (non-hydrogen) atoms. The molecule has 5 rings (SSSR count). The van der Waals surface area contributed by atoms with Crippen molar-refractivity contribution >= 4 is 20.9 Å². The molecule has 6 nitrogen and oxygen atoms in total. The quantitative estimate of drug-likeness (QED) is 0.506. The minimum atomic E-state index is -3.72. The summed E-state index contributed by atoms with van der Waals surface area (Å²) >= 11 is 0.